The first-order valence-electron chi connectivity index (χ1n) is 1.31. The van der Waals surface area contributed by atoms with Gasteiger partial charge in [0.25, 0.3) is 0 Å². The van der Waals surface area contributed by atoms with Crippen LogP contribution in [0.3, 0.4) is 0 Å². The first-order valence-corrected chi connectivity index (χ1v) is 2.22. The van der Waals surface area contributed by atoms with Gasteiger partial charge in [-0.15, -0.1) is 0 Å². The van der Waals surface area contributed by atoms with Crippen molar-refractivity contribution in [3.05, 3.63) is 0 Å². The number of nitriles is 1. The van der Waals surface area contributed by atoms with Gasteiger partial charge in [0.05, 0.1) is 10.9 Å². The zero-order chi connectivity index (χ0) is 4.28. The highest BCUT2D eigenvalue weighted by Gasteiger charge is 1.81. The van der Waals surface area contributed by atoms with Gasteiger partial charge in [-0.1, -0.05) is 15.9 Å². The van der Waals surface area contributed by atoms with Crippen molar-refractivity contribution in [1.29, 1.82) is 5.26 Å². The van der Waals surface area contributed by atoms with E-state index >= 15 is 0 Å². The summed E-state index contributed by atoms with van der Waals surface area (Å²) in [6.45, 7) is 1.78. The topological polar surface area (TPSA) is 23.8 Å². The normalized spacial score (nSPS) is 13.0. The molecule has 0 saturated carbocycles. The van der Waals surface area contributed by atoms with Crippen LogP contribution in [0.15, 0.2) is 0 Å². The van der Waals surface area contributed by atoms with Crippen LogP contribution in [0.5, 0.6) is 0 Å². The molecule has 0 aromatic heterocycles. The molecule has 0 saturated heterocycles. The Morgan fingerprint density at radius 3 is 2.20 bits per heavy atom. The van der Waals surface area contributed by atoms with Crippen LogP contribution < -0.4 is 0 Å². The van der Waals surface area contributed by atoms with Crippen molar-refractivity contribution in [2.24, 2.45) is 0 Å². The molecule has 1 nitrogen and oxygen atoms in total. The number of hydrogen-bond acceptors (Lipinski definition) is 1. The Kier molecular flexibility index (Phi) is 2.21. The molecule has 0 amide bonds. The van der Waals surface area contributed by atoms with Gasteiger partial charge in [-0.25, -0.2) is 0 Å². The molecule has 0 N–H and O–H groups in total. The molecule has 0 aromatic carbocycles. The molecule has 0 rings (SSSR count). The highest BCUT2D eigenvalue weighted by Crippen LogP contribution is 1.90. The lowest BCUT2D eigenvalue weighted by Gasteiger charge is -1.73. The number of halogens is 1. The predicted octanol–water partition coefficient (Wildman–Crippen LogP) is 1.29. The zero-order valence-electron chi connectivity index (χ0n) is 2.90. The van der Waals surface area contributed by atoms with Crippen LogP contribution in [-0.2, 0) is 0 Å². The van der Waals surface area contributed by atoms with E-state index in [1.807, 2.05) is 6.07 Å². The van der Waals surface area contributed by atoms with Crippen LogP contribution in [0, 0.1) is 11.3 Å². The van der Waals surface area contributed by atoms with Crippen molar-refractivity contribution in [2.45, 2.75) is 11.8 Å². The lowest BCUT2D eigenvalue weighted by atomic mass is 10.6. The van der Waals surface area contributed by atoms with Gasteiger partial charge >= 0.3 is 0 Å². The molecular formula is C3H4BrN. The molecule has 0 radical (unpaired) electrons. The number of rotatable bonds is 0. The Bertz CT molecular complexity index is 52.4. The third-order valence-electron chi connectivity index (χ3n) is 0.178. The fourth-order valence-electron chi connectivity index (χ4n) is 0. The summed E-state index contributed by atoms with van der Waals surface area (Å²) in [5, 5.41) is 7.85. The van der Waals surface area contributed by atoms with Crippen LogP contribution in [0.4, 0.5) is 0 Å². The Labute approximate surface area is 39.7 Å². The largest absolute Gasteiger partial charge is 0.197 e. The van der Waals surface area contributed by atoms with Crippen molar-refractivity contribution >= 4 is 15.9 Å². The maximum atomic E-state index is 7.85. The van der Waals surface area contributed by atoms with Crippen molar-refractivity contribution in [3.63, 3.8) is 0 Å². The molecule has 0 aliphatic rings. The molecule has 0 aliphatic carbocycles. The lowest BCUT2D eigenvalue weighted by Crippen LogP contribution is -1.75. The minimum Gasteiger partial charge on any atom is -0.197 e. The van der Waals surface area contributed by atoms with Crippen LogP contribution in [0.25, 0.3) is 0 Å². The molecule has 0 aromatic rings. The zero-order valence-corrected chi connectivity index (χ0v) is 4.49. The smallest absolute Gasteiger partial charge is 0.0986 e. The molecule has 0 aliphatic heterocycles. The van der Waals surface area contributed by atoms with Crippen LogP contribution in [-0.4, -0.2) is 4.83 Å². The summed E-state index contributed by atoms with van der Waals surface area (Å²) in [5.41, 5.74) is 0. The predicted molar refractivity (Wildman–Crippen MR) is 24.0 cm³/mol. The SMILES string of the molecule is C[C@H](Br)C#N. The summed E-state index contributed by atoms with van der Waals surface area (Å²) >= 11 is 3.01. The molecule has 28 valence electrons. The van der Waals surface area contributed by atoms with E-state index in [-0.39, 0.29) is 4.83 Å². The second-order valence-corrected chi connectivity index (χ2v) is 2.12. The lowest BCUT2D eigenvalue weighted by molar-refractivity contribution is 1.27. The third-order valence-corrected chi connectivity index (χ3v) is 0.383. The van der Waals surface area contributed by atoms with E-state index in [1.54, 1.807) is 6.92 Å². The first kappa shape index (κ1) is 4.97. The van der Waals surface area contributed by atoms with Gasteiger partial charge in [0, 0.05) is 0 Å². The van der Waals surface area contributed by atoms with E-state index < -0.39 is 0 Å². The highest BCUT2D eigenvalue weighted by atomic mass is 79.9. The van der Waals surface area contributed by atoms with E-state index in [9.17, 15) is 0 Å². The monoisotopic (exact) mass is 133 g/mol. The number of hydrogen-bond donors (Lipinski definition) is 0. The van der Waals surface area contributed by atoms with Gasteiger partial charge in [-0.05, 0) is 6.92 Å². The van der Waals surface area contributed by atoms with E-state index in [0.29, 0.717) is 0 Å². The molecular weight excluding hydrogens is 130 g/mol. The minimum atomic E-state index is 0.00231. The standard InChI is InChI=1S/C3H4BrN/c1-3(4)2-5/h3H,1H3/t3-/m0/s1. The molecule has 2 heteroatoms. The third kappa shape index (κ3) is 3.97. The summed E-state index contributed by atoms with van der Waals surface area (Å²) in [6, 6.07) is 1.94. The summed E-state index contributed by atoms with van der Waals surface area (Å²) in [7, 11) is 0. The first-order chi connectivity index (χ1) is 2.27. The van der Waals surface area contributed by atoms with Crippen LogP contribution >= 0.6 is 15.9 Å². The van der Waals surface area contributed by atoms with Gasteiger partial charge in [-0.3, -0.25) is 0 Å². The highest BCUT2D eigenvalue weighted by molar-refractivity contribution is 9.09. The Morgan fingerprint density at radius 1 is 2.00 bits per heavy atom. The summed E-state index contributed by atoms with van der Waals surface area (Å²) in [4.78, 5) is 0.00231. The van der Waals surface area contributed by atoms with E-state index in [0.717, 1.165) is 0 Å². The summed E-state index contributed by atoms with van der Waals surface area (Å²) < 4.78 is 0. The Balaban J connectivity index is 2.94. The average Bonchev–Trinajstić information content (AvgIpc) is 1.38. The average molecular weight is 134 g/mol. The van der Waals surface area contributed by atoms with Gasteiger partial charge < -0.3 is 0 Å². The van der Waals surface area contributed by atoms with E-state index in [2.05, 4.69) is 15.9 Å². The van der Waals surface area contributed by atoms with E-state index in [4.69, 9.17) is 5.26 Å². The molecule has 0 bridgehead atoms. The molecule has 1 atom stereocenters. The second kappa shape index (κ2) is 2.22. The van der Waals surface area contributed by atoms with Gasteiger partial charge in [-0.2, -0.15) is 5.26 Å². The molecule has 5 heavy (non-hydrogen) atoms. The maximum Gasteiger partial charge on any atom is 0.0986 e. The van der Waals surface area contributed by atoms with E-state index in [1.165, 1.54) is 0 Å². The molecule has 0 unspecified atom stereocenters. The Hall–Kier alpha value is -0.0300. The molecule has 0 spiro atoms. The van der Waals surface area contributed by atoms with Crippen molar-refractivity contribution in [2.75, 3.05) is 0 Å². The van der Waals surface area contributed by atoms with Crippen molar-refractivity contribution in [3.8, 4) is 6.07 Å². The summed E-state index contributed by atoms with van der Waals surface area (Å²) in [6.07, 6.45) is 0. The van der Waals surface area contributed by atoms with Crippen molar-refractivity contribution < 1.29 is 0 Å². The second-order valence-electron chi connectivity index (χ2n) is 0.745. The van der Waals surface area contributed by atoms with Gasteiger partial charge in [0.15, 0.2) is 0 Å². The minimum absolute atomic E-state index is 0.00231. The fourth-order valence-corrected chi connectivity index (χ4v) is 0. The number of nitrogens with zero attached hydrogens (tertiary/aromatic N) is 1. The molecule has 0 heterocycles. The molecule has 0 fully saturated rings. The quantitative estimate of drug-likeness (QED) is 0.458. The van der Waals surface area contributed by atoms with Crippen molar-refractivity contribution in [1.82, 2.24) is 0 Å². The van der Waals surface area contributed by atoms with Crippen LogP contribution in [0.1, 0.15) is 6.92 Å². The Morgan fingerprint density at radius 2 is 2.20 bits per heavy atom. The van der Waals surface area contributed by atoms with Crippen LogP contribution in [0.2, 0.25) is 0 Å². The van der Waals surface area contributed by atoms with Gasteiger partial charge in [0.2, 0.25) is 0 Å². The maximum absolute atomic E-state index is 7.85. The van der Waals surface area contributed by atoms with Gasteiger partial charge in [0.1, 0.15) is 0 Å². The summed E-state index contributed by atoms with van der Waals surface area (Å²) in [5.74, 6) is 0. The number of alkyl halides is 1. The fraction of sp³-hybridized carbons (Fsp3) is 0.667.